The summed E-state index contributed by atoms with van der Waals surface area (Å²) in [4.78, 5) is 36.5. The number of nitro benzene ring substituents is 1. The second-order valence-corrected chi connectivity index (χ2v) is 5.85. The van der Waals surface area contributed by atoms with Crippen LogP contribution in [-0.2, 0) is 6.54 Å². The molecule has 0 fully saturated rings. The van der Waals surface area contributed by atoms with E-state index < -0.39 is 4.92 Å². The summed E-state index contributed by atoms with van der Waals surface area (Å²) in [6.07, 6.45) is 0. The van der Waals surface area contributed by atoms with Crippen molar-refractivity contribution in [3.05, 3.63) is 61.8 Å². The molecule has 7 heteroatoms. The Hall–Kier alpha value is -2.54. The van der Waals surface area contributed by atoms with Gasteiger partial charge in [-0.3, -0.25) is 19.7 Å². The third-order valence-corrected chi connectivity index (χ3v) is 4.28. The molecule has 1 aromatic heterocycles. The minimum absolute atomic E-state index is 0.0160. The maximum Gasteiger partial charge on any atom is 0.274 e. The molecule has 2 aromatic rings. The molecule has 0 saturated heterocycles. The zero-order valence-corrected chi connectivity index (χ0v) is 12.9. The summed E-state index contributed by atoms with van der Waals surface area (Å²) >= 11 is 1.12. The van der Waals surface area contributed by atoms with Crippen LogP contribution in [0.25, 0.3) is 0 Å². The average Bonchev–Trinajstić information content (AvgIpc) is 2.96. The van der Waals surface area contributed by atoms with E-state index in [4.69, 9.17) is 0 Å². The van der Waals surface area contributed by atoms with Gasteiger partial charge in [-0.05, 0) is 19.1 Å². The van der Waals surface area contributed by atoms with Gasteiger partial charge in [0.25, 0.3) is 11.6 Å². The van der Waals surface area contributed by atoms with E-state index in [1.807, 2.05) is 0 Å². The largest absolute Gasteiger partial charge is 0.336 e. The van der Waals surface area contributed by atoms with E-state index in [-0.39, 0.29) is 23.9 Å². The van der Waals surface area contributed by atoms with Crippen molar-refractivity contribution in [1.29, 1.82) is 0 Å². The normalized spacial score (nSPS) is 10.3. The molecule has 0 unspecified atom stereocenters. The molecular weight excluding hydrogens is 304 g/mol. The molecule has 0 N–H and O–H groups in total. The van der Waals surface area contributed by atoms with Gasteiger partial charge in [0.1, 0.15) is 0 Å². The van der Waals surface area contributed by atoms with Crippen molar-refractivity contribution in [3.8, 4) is 0 Å². The second-order valence-electron chi connectivity index (χ2n) is 4.77. The highest BCUT2D eigenvalue weighted by molar-refractivity contribution is 7.15. The highest BCUT2D eigenvalue weighted by Crippen LogP contribution is 2.22. The van der Waals surface area contributed by atoms with Gasteiger partial charge >= 0.3 is 0 Å². The van der Waals surface area contributed by atoms with Crippen LogP contribution >= 0.6 is 11.3 Å². The van der Waals surface area contributed by atoms with E-state index in [2.05, 4.69) is 0 Å². The average molecular weight is 318 g/mol. The number of amides is 1. The van der Waals surface area contributed by atoms with Crippen LogP contribution in [0.4, 0.5) is 5.69 Å². The highest BCUT2D eigenvalue weighted by atomic mass is 32.1. The molecule has 0 aliphatic heterocycles. The third kappa shape index (κ3) is 3.37. The zero-order chi connectivity index (χ0) is 16.3. The fourth-order valence-electron chi connectivity index (χ4n) is 1.98. The molecule has 6 nitrogen and oxygen atoms in total. The summed E-state index contributed by atoms with van der Waals surface area (Å²) in [6.45, 7) is 1.57. The Morgan fingerprint density at radius 3 is 2.41 bits per heavy atom. The van der Waals surface area contributed by atoms with Crippen molar-refractivity contribution in [2.45, 2.75) is 13.5 Å². The standard InChI is InChI=1S/C15H14N2O4S/c1-10(18)13-7-8-14(22-13)15(19)16(2)9-11-5-3-4-6-12(11)17(20)21/h3-8H,9H2,1-2H3. The Morgan fingerprint density at radius 2 is 1.82 bits per heavy atom. The van der Waals surface area contributed by atoms with Gasteiger partial charge in [0.2, 0.25) is 0 Å². The summed E-state index contributed by atoms with van der Waals surface area (Å²) in [7, 11) is 1.58. The quantitative estimate of drug-likeness (QED) is 0.482. The van der Waals surface area contributed by atoms with Crippen LogP contribution in [0.15, 0.2) is 36.4 Å². The fourth-order valence-corrected chi connectivity index (χ4v) is 2.88. The number of thiophene rings is 1. The first-order valence-corrected chi connectivity index (χ1v) is 7.30. The van der Waals surface area contributed by atoms with Gasteiger partial charge in [-0.2, -0.15) is 0 Å². The molecule has 2 rings (SSSR count). The number of carbonyl (C=O) groups is 2. The third-order valence-electron chi connectivity index (χ3n) is 3.11. The van der Waals surface area contributed by atoms with Crippen molar-refractivity contribution >= 4 is 28.7 Å². The van der Waals surface area contributed by atoms with Gasteiger partial charge in [-0.15, -0.1) is 11.3 Å². The number of benzene rings is 1. The van der Waals surface area contributed by atoms with E-state index in [0.717, 1.165) is 11.3 Å². The van der Waals surface area contributed by atoms with Crippen molar-refractivity contribution in [2.24, 2.45) is 0 Å². The van der Waals surface area contributed by atoms with E-state index in [9.17, 15) is 19.7 Å². The summed E-state index contributed by atoms with van der Waals surface area (Å²) in [6, 6.07) is 9.52. The van der Waals surface area contributed by atoms with E-state index in [0.29, 0.717) is 15.3 Å². The molecule has 1 aromatic carbocycles. The van der Waals surface area contributed by atoms with Crippen LogP contribution < -0.4 is 0 Å². The van der Waals surface area contributed by atoms with E-state index in [1.54, 1.807) is 37.4 Å². The van der Waals surface area contributed by atoms with Crippen molar-refractivity contribution in [1.82, 2.24) is 4.90 Å². The molecule has 0 aliphatic carbocycles. The van der Waals surface area contributed by atoms with E-state index >= 15 is 0 Å². The van der Waals surface area contributed by atoms with Gasteiger partial charge in [0.05, 0.1) is 21.2 Å². The summed E-state index contributed by atoms with van der Waals surface area (Å²) < 4.78 is 0. The number of hydrogen-bond acceptors (Lipinski definition) is 5. The molecule has 1 heterocycles. The topological polar surface area (TPSA) is 80.5 Å². The van der Waals surface area contributed by atoms with Crippen molar-refractivity contribution < 1.29 is 14.5 Å². The predicted molar refractivity (Wildman–Crippen MR) is 83.2 cm³/mol. The summed E-state index contributed by atoms with van der Waals surface area (Å²) in [5, 5.41) is 11.0. The van der Waals surface area contributed by atoms with Crippen LogP contribution in [0.3, 0.4) is 0 Å². The van der Waals surface area contributed by atoms with Gasteiger partial charge < -0.3 is 4.90 Å². The number of nitro groups is 1. The van der Waals surface area contributed by atoms with Gasteiger partial charge in [0.15, 0.2) is 5.78 Å². The monoisotopic (exact) mass is 318 g/mol. The molecular formula is C15H14N2O4S. The maximum atomic E-state index is 12.3. The minimum atomic E-state index is -0.466. The van der Waals surface area contributed by atoms with Crippen LogP contribution in [-0.4, -0.2) is 28.6 Å². The first-order chi connectivity index (χ1) is 10.4. The Bertz CT molecular complexity index is 739. The van der Waals surface area contributed by atoms with Gasteiger partial charge in [-0.25, -0.2) is 0 Å². The van der Waals surface area contributed by atoms with Crippen LogP contribution in [0.2, 0.25) is 0 Å². The van der Waals surface area contributed by atoms with Gasteiger partial charge in [0, 0.05) is 18.7 Å². The molecule has 0 radical (unpaired) electrons. The van der Waals surface area contributed by atoms with Crippen LogP contribution in [0, 0.1) is 10.1 Å². The maximum absolute atomic E-state index is 12.3. The first-order valence-electron chi connectivity index (χ1n) is 6.48. The minimum Gasteiger partial charge on any atom is -0.336 e. The molecule has 0 spiro atoms. The number of ketones is 1. The molecule has 0 bridgehead atoms. The number of rotatable bonds is 5. The molecule has 22 heavy (non-hydrogen) atoms. The highest BCUT2D eigenvalue weighted by Gasteiger charge is 2.19. The molecule has 0 aliphatic rings. The van der Waals surface area contributed by atoms with Gasteiger partial charge in [-0.1, -0.05) is 18.2 Å². The van der Waals surface area contributed by atoms with E-state index in [1.165, 1.54) is 17.9 Å². The second kappa shape index (κ2) is 6.48. The lowest BCUT2D eigenvalue weighted by Gasteiger charge is -2.16. The number of nitrogens with zero attached hydrogens (tertiary/aromatic N) is 2. The Balaban J connectivity index is 2.18. The lowest BCUT2D eigenvalue weighted by atomic mass is 10.1. The lowest BCUT2D eigenvalue weighted by molar-refractivity contribution is -0.385. The molecule has 114 valence electrons. The molecule has 0 atom stereocenters. The summed E-state index contributed by atoms with van der Waals surface area (Å²) in [5.74, 6) is -0.360. The number of Topliss-reactive ketones (excluding diaryl/α,β-unsaturated/α-hetero) is 1. The SMILES string of the molecule is CC(=O)c1ccc(C(=O)N(C)Cc2ccccc2[N+](=O)[O-])s1. The number of para-hydroxylation sites is 1. The Labute approximate surface area is 131 Å². The molecule has 0 saturated carbocycles. The zero-order valence-electron chi connectivity index (χ0n) is 12.1. The smallest absolute Gasteiger partial charge is 0.274 e. The number of hydrogen-bond donors (Lipinski definition) is 0. The lowest BCUT2D eigenvalue weighted by Crippen LogP contribution is -2.25. The van der Waals surface area contributed by atoms with Crippen molar-refractivity contribution in [3.63, 3.8) is 0 Å². The van der Waals surface area contributed by atoms with Crippen LogP contribution in [0.5, 0.6) is 0 Å². The molecule has 1 amide bonds. The number of carbonyl (C=O) groups excluding carboxylic acids is 2. The Kier molecular flexibility index (Phi) is 4.67. The Morgan fingerprint density at radius 1 is 1.18 bits per heavy atom. The summed E-state index contributed by atoms with van der Waals surface area (Å²) in [5.41, 5.74) is 0.449. The predicted octanol–water partition coefficient (Wildman–Crippen LogP) is 3.13. The fraction of sp³-hybridized carbons (Fsp3) is 0.200. The van der Waals surface area contributed by atoms with Crippen LogP contribution in [0.1, 0.15) is 31.8 Å². The van der Waals surface area contributed by atoms with Crippen molar-refractivity contribution in [2.75, 3.05) is 7.05 Å². The first kappa shape index (κ1) is 15.8.